The first-order valence-electron chi connectivity index (χ1n) is 6.77. The molecule has 0 aliphatic rings. The van der Waals surface area contributed by atoms with E-state index in [0.29, 0.717) is 11.3 Å². The smallest absolute Gasteiger partial charge is 0.191 e. The number of aryl methyl sites for hydroxylation is 1. The van der Waals surface area contributed by atoms with Crippen molar-refractivity contribution in [1.29, 1.82) is 0 Å². The summed E-state index contributed by atoms with van der Waals surface area (Å²) >= 11 is 1.93. The van der Waals surface area contributed by atoms with Crippen molar-refractivity contribution in [3.63, 3.8) is 0 Å². The van der Waals surface area contributed by atoms with E-state index in [9.17, 15) is 0 Å². The minimum atomic E-state index is 0. The molecule has 6 nitrogen and oxygen atoms in total. The number of hydrogen-bond acceptors (Lipinski definition) is 4. The van der Waals surface area contributed by atoms with Crippen molar-refractivity contribution in [2.75, 3.05) is 19.3 Å². The predicted molar refractivity (Wildman–Crippen MR) is 102 cm³/mol. The van der Waals surface area contributed by atoms with E-state index in [1.54, 1.807) is 7.05 Å². The number of nitrogens with one attached hydrogen (secondary N) is 2. The molecule has 0 spiro atoms. The molecular weight excluding hydrogens is 399 g/mol. The van der Waals surface area contributed by atoms with Gasteiger partial charge in [0.25, 0.3) is 0 Å². The number of guanidine groups is 1. The highest BCUT2D eigenvalue weighted by atomic mass is 127. The van der Waals surface area contributed by atoms with E-state index in [4.69, 9.17) is 0 Å². The summed E-state index contributed by atoms with van der Waals surface area (Å²) in [6.07, 6.45) is 0. The predicted octanol–water partition coefficient (Wildman–Crippen LogP) is 1.94. The van der Waals surface area contributed by atoms with E-state index in [2.05, 4.69) is 46.6 Å². The van der Waals surface area contributed by atoms with Crippen LogP contribution in [0.5, 0.6) is 0 Å². The van der Waals surface area contributed by atoms with Gasteiger partial charge in [-0.15, -0.1) is 34.2 Å². The maximum Gasteiger partial charge on any atom is 0.191 e. The van der Waals surface area contributed by atoms with Crippen molar-refractivity contribution in [2.24, 2.45) is 12.0 Å². The van der Waals surface area contributed by atoms with Crippen molar-refractivity contribution in [2.45, 2.75) is 39.0 Å². The zero-order chi connectivity index (χ0) is 15.2. The molecule has 2 N–H and O–H groups in total. The first kappa shape index (κ1) is 20.5. The van der Waals surface area contributed by atoms with Gasteiger partial charge in [0.2, 0.25) is 0 Å². The Balaban J connectivity index is 0.00000400. The lowest BCUT2D eigenvalue weighted by atomic mass is 10.3. The highest BCUT2D eigenvalue weighted by molar-refractivity contribution is 14.0. The SMILES string of the molecule is CN=C(NCCSC(C)(C)C)NCc1nnc(C)n1C.I. The van der Waals surface area contributed by atoms with E-state index in [0.717, 1.165) is 29.9 Å². The molecule has 0 atom stereocenters. The quantitative estimate of drug-likeness (QED) is 0.326. The van der Waals surface area contributed by atoms with E-state index >= 15 is 0 Å². The third-order valence-corrected chi connectivity index (χ3v) is 4.02. The molecule has 0 radical (unpaired) electrons. The second kappa shape index (κ2) is 9.50. The van der Waals surface area contributed by atoms with Gasteiger partial charge in [-0.3, -0.25) is 4.99 Å². The summed E-state index contributed by atoms with van der Waals surface area (Å²) in [5, 5.41) is 14.7. The number of thioether (sulfide) groups is 1. The van der Waals surface area contributed by atoms with Crippen molar-refractivity contribution in [3.05, 3.63) is 11.6 Å². The minimum absolute atomic E-state index is 0. The fourth-order valence-corrected chi connectivity index (χ4v) is 2.33. The lowest BCUT2D eigenvalue weighted by Gasteiger charge is -2.18. The average Bonchev–Trinajstić information content (AvgIpc) is 2.68. The van der Waals surface area contributed by atoms with E-state index in [1.807, 2.05) is 30.3 Å². The summed E-state index contributed by atoms with van der Waals surface area (Å²) < 4.78 is 2.27. The Bertz CT molecular complexity index is 452. The Morgan fingerprint density at radius 3 is 2.43 bits per heavy atom. The number of nitrogens with zero attached hydrogens (tertiary/aromatic N) is 4. The van der Waals surface area contributed by atoms with Crippen molar-refractivity contribution < 1.29 is 0 Å². The Kier molecular flexibility index (Phi) is 9.26. The number of hydrogen-bond donors (Lipinski definition) is 2. The molecule has 21 heavy (non-hydrogen) atoms. The van der Waals surface area contributed by atoms with Crippen molar-refractivity contribution >= 4 is 41.7 Å². The van der Waals surface area contributed by atoms with Crippen LogP contribution < -0.4 is 10.6 Å². The molecule has 122 valence electrons. The van der Waals surface area contributed by atoms with Crippen LogP contribution in [0.25, 0.3) is 0 Å². The normalized spacial score (nSPS) is 12.0. The molecule has 1 aromatic heterocycles. The van der Waals surface area contributed by atoms with Crippen molar-refractivity contribution in [1.82, 2.24) is 25.4 Å². The van der Waals surface area contributed by atoms with Gasteiger partial charge in [-0.05, 0) is 6.92 Å². The van der Waals surface area contributed by atoms with Crippen LogP contribution in [0.3, 0.4) is 0 Å². The Morgan fingerprint density at radius 1 is 1.29 bits per heavy atom. The first-order valence-corrected chi connectivity index (χ1v) is 7.75. The molecule has 1 aromatic rings. The van der Waals surface area contributed by atoms with Crippen LogP contribution >= 0.6 is 35.7 Å². The van der Waals surface area contributed by atoms with Crippen molar-refractivity contribution in [3.8, 4) is 0 Å². The van der Waals surface area contributed by atoms with Gasteiger partial charge in [0.1, 0.15) is 5.82 Å². The average molecular weight is 426 g/mol. The minimum Gasteiger partial charge on any atom is -0.356 e. The summed E-state index contributed by atoms with van der Waals surface area (Å²) in [5.41, 5.74) is 0. The van der Waals surface area contributed by atoms with Crippen LogP contribution in [0.15, 0.2) is 4.99 Å². The fraction of sp³-hybridized carbons (Fsp3) is 0.769. The van der Waals surface area contributed by atoms with Crippen LogP contribution in [-0.2, 0) is 13.6 Å². The van der Waals surface area contributed by atoms with Crippen LogP contribution in [0.1, 0.15) is 32.4 Å². The Hall–Kier alpha value is -0.510. The zero-order valence-corrected chi connectivity index (χ0v) is 16.9. The van der Waals surface area contributed by atoms with Crippen LogP contribution in [0, 0.1) is 6.92 Å². The second-order valence-corrected chi connectivity index (χ2v) is 7.46. The molecule has 0 aliphatic carbocycles. The molecule has 1 heterocycles. The van der Waals surface area contributed by atoms with E-state index in [-0.39, 0.29) is 24.0 Å². The molecule has 0 saturated heterocycles. The molecule has 0 aliphatic heterocycles. The van der Waals surface area contributed by atoms with Gasteiger partial charge >= 0.3 is 0 Å². The van der Waals surface area contributed by atoms with Gasteiger partial charge in [0, 0.05) is 31.1 Å². The highest BCUT2D eigenvalue weighted by Crippen LogP contribution is 2.21. The van der Waals surface area contributed by atoms with Gasteiger partial charge in [0.15, 0.2) is 11.8 Å². The number of aliphatic imine (C=N–C) groups is 1. The van der Waals surface area contributed by atoms with Crippen LogP contribution in [-0.4, -0.2) is 44.8 Å². The molecule has 0 bridgehead atoms. The number of aromatic nitrogens is 3. The molecule has 8 heteroatoms. The van der Waals surface area contributed by atoms with Gasteiger partial charge in [0.05, 0.1) is 6.54 Å². The molecule has 0 fully saturated rings. The standard InChI is InChI=1S/C13H26N6S.HI/c1-10-17-18-11(19(10)6)9-16-12(14-5)15-7-8-20-13(2,3)4;/h7-9H2,1-6H3,(H2,14,15,16);1H. The number of halogens is 1. The van der Waals surface area contributed by atoms with E-state index < -0.39 is 0 Å². The third kappa shape index (κ3) is 7.89. The summed E-state index contributed by atoms with van der Waals surface area (Å²) in [4.78, 5) is 4.20. The van der Waals surface area contributed by atoms with Crippen LogP contribution in [0.4, 0.5) is 0 Å². The van der Waals surface area contributed by atoms with Gasteiger partial charge in [-0.1, -0.05) is 20.8 Å². The molecule has 0 aromatic carbocycles. The summed E-state index contributed by atoms with van der Waals surface area (Å²) in [5.74, 6) is 3.65. The summed E-state index contributed by atoms with van der Waals surface area (Å²) in [7, 11) is 3.73. The monoisotopic (exact) mass is 426 g/mol. The van der Waals surface area contributed by atoms with E-state index in [1.165, 1.54) is 0 Å². The zero-order valence-electron chi connectivity index (χ0n) is 13.7. The largest absolute Gasteiger partial charge is 0.356 e. The maximum absolute atomic E-state index is 4.20. The second-order valence-electron chi connectivity index (χ2n) is 5.54. The van der Waals surface area contributed by atoms with Gasteiger partial charge < -0.3 is 15.2 Å². The lowest BCUT2D eigenvalue weighted by Crippen LogP contribution is -2.38. The Labute approximate surface area is 149 Å². The Morgan fingerprint density at radius 2 is 1.95 bits per heavy atom. The molecule has 0 amide bonds. The molecular formula is C13H27IN6S. The lowest BCUT2D eigenvalue weighted by molar-refractivity contribution is 0.721. The summed E-state index contributed by atoms with van der Waals surface area (Å²) in [6.45, 7) is 10.1. The first-order chi connectivity index (χ1) is 9.33. The van der Waals surface area contributed by atoms with Crippen LogP contribution in [0.2, 0.25) is 0 Å². The number of rotatable bonds is 5. The van der Waals surface area contributed by atoms with Gasteiger partial charge in [-0.2, -0.15) is 11.8 Å². The molecule has 1 rings (SSSR count). The topological polar surface area (TPSA) is 67.1 Å². The van der Waals surface area contributed by atoms with Gasteiger partial charge in [-0.25, -0.2) is 0 Å². The fourth-order valence-electron chi connectivity index (χ4n) is 1.51. The highest BCUT2D eigenvalue weighted by Gasteiger charge is 2.10. The summed E-state index contributed by atoms with van der Waals surface area (Å²) in [6, 6.07) is 0. The molecule has 0 unspecified atom stereocenters. The third-order valence-electron chi connectivity index (χ3n) is 2.75. The maximum atomic E-state index is 4.20. The molecule has 0 saturated carbocycles.